The zero-order chi connectivity index (χ0) is 14.7. The maximum absolute atomic E-state index is 12.2. The number of nitrogens with zero attached hydrogens (tertiary/aromatic N) is 2. The summed E-state index contributed by atoms with van der Waals surface area (Å²) in [5.74, 6) is 0.136. The number of rotatable bonds is 5. The molecule has 0 bridgehead atoms. The SMILES string of the molecule is CNCc1ccc2c(ccn2CC(=O)N(C)C(C)C)c1. The Kier molecular flexibility index (Phi) is 4.45. The Morgan fingerprint density at radius 1 is 1.35 bits per heavy atom. The Morgan fingerprint density at radius 3 is 2.75 bits per heavy atom. The van der Waals surface area contributed by atoms with Crippen molar-refractivity contribution in [2.24, 2.45) is 0 Å². The minimum absolute atomic E-state index is 0.136. The van der Waals surface area contributed by atoms with E-state index < -0.39 is 0 Å². The monoisotopic (exact) mass is 273 g/mol. The van der Waals surface area contributed by atoms with Crippen LogP contribution in [0.4, 0.5) is 0 Å². The largest absolute Gasteiger partial charge is 0.342 e. The number of hydrogen-bond acceptors (Lipinski definition) is 2. The molecule has 0 aliphatic rings. The summed E-state index contributed by atoms with van der Waals surface area (Å²) in [6.07, 6.45) is 1.99. The van der Waals surface area contributed by atoms with Crippen LogP contribution < -0.4 is 5.32 Å². The first-order chi connectivity index (χ1) is 9.52. The second kappa shape index (κ2) is 6.09. The van der Waals surface area contributed by atoms with Gasteiger partial charge in [-0.3, -0.25) is 4.79 Å². The van der Waals surface area contributed by atoms with Gasteiger partial charge in [0.05, 0.1) is 0 Å². The molecule has 0 aliphatic carbocycles. The number of fused-ring (bicyclic) bond motifs is 1. The molecular formula is C16H23N3O. The fourth-order valence-corrected chi connectivity index (χ4v) is 2.25. The molecular weight excluding hydrogens is 250 g/mol. The van der Waals surface area contributed by atoms with Crippen molar-refractivity contribution < 1.29 is 4.79 Å². The fourth-order valence-electron chi connectivity index (χ4n) is 2.25. The van der Waals surface area contributed by atoms with Crippen LogP contribution in [0.2, 0.25) is 0 Å². The van der Waals surface area contributed by atoms with Gasteiger partial charge in [-0.25, -0.2) is 0 Å². The van der Waals surface area contributed by atoms with Crippen LogP contribution in [0.5, 0.6) is 0 Å². The molecule has 0 saturated carbocycles. The van der Waals surface area contributed by atoms with Crippen LogP contribution in [0, 0.1) is 0 Å². The van der Waals surface area contributed by atoms with Crippen molar-refractivity contribution in [3.05, 3.63) is 36.0 Å². The summed E-state index contributed by atoms with van der Waals surface area (Å²) < 4.78 is 2.01. The molecule has 1 amide bonds. The predicted molar refractivity (Wildman–Crippen MR) is 82.6 cm³/mol. The first kappa shape index (κ1) is 14.6. The normalized spacial score (nSPS) is 11.2. The molecule has 0 saturated heterocycles. The lowest BCUT2D eigenvalue weighted by atomic mass is 10.1. The Bertz CT molecular complexity index is 601. The van der Waals surface area contributed by atoms with Crippen LogP contribution in [-0.4, -0.2) is 35.5 Å². The summed E-state index contributed by atoms with van der Waals surface area (Å²) in [5.41, 5.74) is 2.36. The molecule has 2 rings (SSSR count). The summed E-state index contributed by atoms with van der Waals surface area (Å²) in [6, 6.07) is 8.65. The van der Waals surface area contributed by atoms with E-state index in [1.54, 1.807) is 4.90 Å². The third-order valence-electron chi connectivity index (χ3n) is 3.69. The summed E-state index contributed by atoms with van der Waals surface area (Å²) in [5, 5.41) is 4.33. The average Bonchev–Trinajstić information content (AvgIpc) is 2.80. The van der Waals surface area contributed by atoms with Crippen molar-refractivity contribution in [1.82, 2.24) is 14.8 Å². The molecule has 1 N–H and O–H groups in total. The molecule has 0 fully saturated rings. The highest BCUT2D eigenvalue weighted by atomic mass is 16.2. The van der Waals surface area contributed by atoms with E-state index in [-0.39, 0.29) is 11.9 Å². The molecule has 1 aromatic heterocycles. The first-order valence-corrected chi connectivity index (χ1v) is 7.01. The number of amides is 1. The van der Waals surface area contributed by atoms with Crippen molar-refractivity contribution in [3.63, 3.8) is 0 Å². The molecule has 0 radical (unpaired) electrons. The number of hydrogen-bond donors (Lipinski definition) is 1. The molecule has 20 heavy (non-hydrogen) atoms. The minimum Gasteiger partial charge on any atom is -0.342 e. The summed E-state index contributed by atoms with van der Waals surface area (Å²) in [7, 11) is 3.79. The van der Waals surface area contributed by atoms with Crippen LogP contribution in [0.1, 0.15) is 19.4 Å². The number of aromatic nitrogens is 1. The van der Waals surface area contributed by atoms with Gasteiger partial charge in [0, 0.05) is 31.3 Å². The maximum Gasteiger partial charge on any atom is 0.242 e. The van der Waals surface area contributed by atoms with Crippen molar-refractivity contribution >= 4 is 16.8 Å². The average molecular weight is 273 g/mol. The van der Waals surface area contributed by atoms with E-state index in [0.717, 1.165) is 12.1 Å². The lowest BCUT2D eigenvalue weighted by molar-refractivity contribution is -0.131. The number of carbonyl (C=O) groups is 1. The molecule has 0 aliphatic heterocycles. The predicted octanol–water partition coefficient (Wildman–Crippen LogP) is 2.23. The van der Waals surface area contributed by atoms with E-state index in [9.17, 15) is 4.79 Å². The Labute approximate surface area is 120 Å². The second-order valence-corrected chi connectivity index (χ2v) is 5.47. The Morgan fingerprint density at radius 2 is 2.10 bits per heavy atom. The van der Waals surface area contributed by atoms with E-state index in [1.165, 1.54) is 10.9 Å². The van der Waals surface area contributed by atoms with Gasteiger partial charge in [-0.1, -0.05) is 6.07 Å². The van der Waals surface area contributed by atoms with Crippen LogP contribution in [0.25, 0.3) is 10.9 Å². The van der Waals surface area contributed by atoms with Crippen molar-refractivity contribution in [2.75, 3.05) is 14.1 Å². The van der Waals surface area contributed by atoms with E-state index in [1.807, 2.05) is 38.7 Å². The van der Waals surface area contributed by atoms with Crippen molar-refractivity contribution in [3.8, 4) is 0 Å². The molecule has 0 unspecified atom stereocenters. The molecule has 1 aromatic carbocycles. The van der Waals surface area contributed by atoms with E-state index in [2.05, 4.69) is 29.6 Å². The van der Waals surface area contributed by atoms with Crippen LogP contribution in [0.15, 0.2) is 30.5 Å². The molecule has 2 aromatic rings. The second-order valence-electron chi connectivity index (χ2n) is 5.47. The quantitative estimate of drug-likeness (QED) is 0.907. The van der Waals surface area contributed by atoms with Crippen LogP contribution in [-0.2, 0) is 17.9 Å². The van der Waals surface area contributed by atoms with Crippen molar-refractivity contribution in [1.29, 1.82) is 0 Å². The van der Waals surface area contributed by atoms with Crippen LogP contribution in [0.3, 0.4) is 0 Å². The number of likely N-dealkylation sites (N-methyl/N-ethyl adjacent to an activating group) is 1. The van der Waals surface area contributed by atoms with Gasteiger partial charge in [-0.15, -0.1) is 0 Å². The van der Waals surface area contributed by atoms with E-state index in [0.29, 0.717) is 6.54 Å². The topological polar surface area (TPSA) is 37.3 Å². The number of nitrogens with one attached hydrogen (secondary N) is 1. The van der Waals surface area contributed by atoms with Gasteiger partial charge in [0.2, 0.25) is 5.91 Å². The standard InChI is InChI=1S/C16H23N3O/c1-12(2)18(4)16(20)11-19-8-7-14-9-13(10-17-3)5-6-15(14)19/h5-9,12,17H,10-11H2,1-4H3. The van der Waals surface area contributed by atoms with Gasteiger partial charge in [0.25, 0.3) is 0 Å². The highest BCUT2D eigenvalue weighted by molar-refractivity contribution is 5.83. The molecule has 1 heterocycles. The van der Waals surface area contributed by atoms with Gasteiger partial charge in [0.15, 0.2) is 0 Å². The third-order valence-corrected chi connectivity index (χ3v) is 3.69. The molecule has 0 atom stereocenters. The summed E-state index contributed by atoms with van der Waals surface area (Å²) in [4.78, 5) is 13.9. The summed E-state index contributed by atoms with van der Waals surface area (Å²) in [6.45, 7) is 5.30. The first-order valence-electron chi connectivity index (χ1n) is 7.01. The maximum atomic E-state index is 12.2. The number of benzene rings is 1. The van der Waals surface area contributed by atoms with Gasteiger partial charge >= 0.3 is 0 Å². The van der Waals surface area contributed by atoms with Gasteiger partial charge < -0.3 is 14.8 Å². The lowest BCUT2D eigenvalue weighted by Gasteiger charge is -2.21. The van der Waals surface area contributed by atoms with Crippen molar-refractivity contribution in [2.45, 2.75) is 33.0 Å². The summed E-state index contributed by atoms with van der Waals surface area (Å²) >= 11 is 0. The zero-order valence-corrected chi connectivity index (χ0v) is 12.7. The third kappa shape index (κ3) is 3.02. The molecule has 108 valence electrons. The smallest absolute Gasteiger partial charge is 0.242 e. The number of carbonyl (C=O) groups excluding carboxylic acids is 1. The highest BCUT2D eigenvalue weighted by Gasteiger charge is 2.13. The van der Waals surface area contributed by atoms with E-state index in [4.69, 9.17) is 0 Å². The Balaban J connectivity index is 2.21. The zero-order valence-electron chi connectivity index (χ0n) is 12.7. The van der Waals surface area contributed by atoms with E-state index >= 15 is 0 Å². The van der Waals surface area contributed by atoms with Gasteiger partial charge in [0.1, 0.15) is 6.54 Å². The Hall–Kier alpha value is -1.81. The molecule has 4 heteroatoms. The van der Waals surface area contributed by atoms with Crippen LogP contribution >= 0.6 is 0 Å². The lowest BCUT2D eigenvalue weighted by Crippen LogP contribution is -2.35. The highest BCUT2D eigenvalue weighted by Crippen LogP contribution is 2.18. The van der Waals surface area contributed by atoms with Gasteiger partial charge in [-0.2, -0.15) is 0 Å². The minimum atomic E-state index is 0.136. The molecule has 0 spiro atoms. The van der Waals surface area contributed by atoms with Gasteiger partial charge in [-0.05, 0) is 50.0 Å². The fraction of sp³-hybridized carbons (Fsp3) is 0.438. The molecule has 4 nitrogen and oxygen atoms in total.